The molecule has 0 fully saturated rings. The fourth-order valence-electron chi connectivity index (χ4n) is 3.04. The van der Waals surface area contributed by atoms with Crippen LogP contribution in [0.4, 0.5) is 5.13 Å². The summed E-state index contributed by atoms with van der Waals surface area (Å²) in [5, 5.41) is 5.03. The van der Waals surface area contributed by atoms with Crippen molar-refractivity contribution in [3.05, 3.63) is 59.0 Å². The fourth-order valence-corrected chi connectivity index (χ4v) is 3.76. The number of aryl methyl sites for hydroxylation is 1. The Kier molecular flexibility index (Phi) is 8.43. The number of hydrogen-bond acceptors (Lipinski definition) is 7. The van der Waals surface area contributed by atoms with Gasteiger partial charge < -0.3 is 14.2 Å². The van der Waals surface area contributed by atoms with Gasteiger partial charge >= 0.3 is 5.97 Å². The number of anilines is 1. The Bertz CT molecular complexity index is 1090. The molecule has 3 rings (SSSR count). The van der Waals surface area contributed by atoms with Crippen LogP contribution >= 0.6 is 11.3 Å². The molecule has 0 aliphatic carbocycles. The Morgan fingerprint density at radius 1 is 1.00 bits per heavy atom. The van der Waals surface area contributed by atoms with E-state index in [-0.39, 0.29) is 5.56 Å². The third-order valence-corrected chi connectivity index (χ3v) is 5.58. The molecule has 8 heteroatoms. The molecule has 2 aromatic carbocycles. The molecule has 0 bridgehead atoms. The largest absolute Gasteiger partial charge is 0.490 e. The van der Waals surface area contributed by atoms with E-state index in [1.165, 1.54) is 23.8 Å². The topological polar surface area (TPSA) is 86.8 Å². The van der Waals surface area contributed by atoms with Gasteiger partial charge in [-0.05, 0) is 51.0 Å². The maximum Gasteiger partial charge on any atom is 0.339 e. The molecule has 0 saturated heterocycles. The van der Waals surface area contributed by atoms with Crippen molar-refractivity contribution in [2.45, 2.75) is 40.2 Å². The first kappa shape index (κ1) is 24.3. The Morgan fingerprint density at radius 2 is 1.70 bits per heavy atom. The summed E-state index contributed by atoms with van der Waals surface area (Å²) in [6.45, 7) is 8.24. The molecule has 0 aliphatic rings. The van der Waals surface area contributed by atoms with Gasteiger partial charge in [0.2, 0.25) is 0 Å². The van der Waals surface area contributed by atoms with Crippen LogP contribution in [0, 0.1) is 0 Å². The monoisotopic (exact) mass is 468 g/mol. The first-order valence-electron chi connectivity index (χ1n) is 10.9. The molecule has 0 saturated carbocycles. The van der Waals surface area contributed by atoms with E-state index in [2.05, 4.69) is 29.4 Å². The lowest BCUT2D eigenvalue weighted by Gasteiger charge is -2.14. The summed E-state index contributed by atoms with van der Waals surface area (Å²) in [7, 11) is 0. The normalized spacial score (nSPS) is 11.5. The second-order valence-corrected chi connectivity index (χ2v) is 8.01. The minimum atomic E-state index is -1.00. The minimum Gasteiger partial charge on any atom is -0.490 e. The van der Waals surface area contributed by atoms with Crippen LogP contribution in [0.2, 0.25) is 0 Å². The van der Waals surface area contributed by atoms with Crippen LogP contribution in [0.15, 0.2) is 47.8 Å². The van der Waals surface area contributed by atoms with E-state index >= 15 is 0 Å². The number of carbonyl (C=O) groups excluding carboxylic acids is 2. The molecule has 1 amide bonds. The van der Waals surface area contributed by atoms with Gasteiger partial charge in [0.1, 0.15) is 0 Å². The number of carbonyl (C=O) groups is 2. The summed E-state index contributed by atoms with van der Waals surface area (Å²) in [5.74, 6) is -0.0853. The lowest BCUT2D eigenvalue weighted by Crippen LogP contribution is -2.30. The lowest BCUT2D eigenvalue weighted by molar-refractivity contribution is -0.123. The molecule has 0 radical (unpaired) electrons. The molecule has 1 heterocycles. The fraction of sp³-hybridized carbons (Fsp3) is 0.320. The highest BCUT2D eigenvalue weighted by molar-refractivity contribution is 7.14. The average molecular weight is 469 g/mol. The van der Waals surface area contributed by atoms with Gasteiger partial charge in [0, 0.05) is 10.9 Å². The van der Waals surface area contributed by atoms with Gasteiger partial charge in [-0.25, -0.2) is 9.78 Å². The SMILES string of the molecule is CCOc1ccc(C(=O)OC(C)C(=O)Nc2nc(-c3ccc(CC)cc3)cs2)cc1OCC. The van der Waals surface area contributed by atoms with Crippen molar-refractivity contribution in [2.24, 2.45) is 0 Å². The third kappa shape index (κ3) is 6.32. The van der Waals surface area contributed by atoms with Gasteiger partial charge in [0.25, 0.3) is 5.91 Å². The Balaban J connectivity index is 1.62. The number of amides is 1. The first-order chi connectivity index (χ1) is 15.9. The van der Waals surface area contributed by atoms with Crippen LogP contribution in [0.1, 0.15) is 43.6 Å². The van der Waals surface area contributed by atoms with Crippen molar-refractivity contribution in [1.82, 2.24) is 4.98 Å². The van der Waals surface area contributed by atoms with Crippen LogP contribution in [0.3, 0.4) is 0 Å². The van der Waals surface area contributed by atoms with Crippen molar-refractivity contribution in [3.8, 4) is 22.8 Å². The molecule has 3 aromatic rings. The van der Waals surface area contributed by atoms with E-state index in [0.29, 0.717) is 29.8 Å². The molecule has 7 nitrogen and oxygen atoms in total. The number of ether oxygens (including phenoxy) is 3. The van der Waals surface area contributed by atoms with Crippen molar-refractivity contribution < 1.29 is 23.8 Å². The molecule has 174 valence electrons. The van der Waals surface area contributed by atoms with E-state index in [1.807, 2.05) is 31.4 Å². The molecule has 1 N–H and O–H groups in total. The minimum absolute atomic E-state index is 0.272. The predicted octanol–water partition coefficient (Wildman–Crippen LogP) is 5.35. The molecule has 33 heavy (non-hydrogen) atoms. The van der Waals surface area contributed by atoms with Gasteiger partial charge in [0.05, 0.1) is 24.5 Å². The number of esters is 1. The zero-order valence-corrected chi connectivity index (χ0v) is 20.0. The third-order valence-electron chi connectivity index (χ3n) is 4.82. The number of nitrogens with zero attached hydrogens (tertiary/aromatic N) is 1. The van der Waals surface area contributed by atoms with Crippen molar-refractivity contribution >= 4 is 28.3 Å². The summed E-state index contributed by atoms with van der Waals surface area (Å²) in [4.78, 5) is 29.6. The summed E-state index contributed by atoms with van der Waals surface area (Å²) >= 11 is 1.31. The highest BCUT2D eigenvalue weighted by atomic mass is 32.1. The van der Waals surface area contributed by atoms with Crippen molar-refractivity contribution in [1.29, 1.82) is 0 Å². The highest BCUT2D eigenvalue weighted by Crippen LogP contribution is 2.29. The molecule has 0 spiro atoms. The van der Waals surface area contributed by atoms with Crippen LogP contribution in [-0.4, -0.2) is 36.2 Å². The van der Waals surface area contributed by atoms with Crippen LogP contribution in [-0.2, 0) is 16.0 Å². The molecule has 1 aromatic heterocycles. The van der Waals surface area contributed by atoms with Gasteiger partial charge in [-0.3, -0.25) is 10.1 Å². The smallest absolute Gasteiger partial charge is 0.339 e. The zero-order chi connectivity index (χ0) is 23.8. The summed E-state index contributed by atoms with van der Waals surface area (Å²) in [6, 6.07) is 12.9. The zero-order valence-electron chi connectivity index (χ0n) is 19.2. The van der Waals surface area contributed by atoms with Gasteiger partial charge in [-0.15, -0.1) is 11.3 Å². The lowest BCUT2D eigenvalue weighted by atomic mass is 10.1. The van der Waals surface area contributed by atoms with Gasteiger partial charge in [-0.2, -0.15) is 0 Å². The molecule has 1 unspecified atom stereocenters. The Morgan fingerprint density at radius 3 is 2.36 bits per heavy atom. The van der Waals surface area contributed by atoms with Crippen molar-refractivity contribution in [2.75, 3.05) is 18.5 Å². The molecular formula is C25H28N2O5S. The molecular weight excluding hydrogens is 440 g/mol. The predicted molar refractivity (Wildman–Crippen MR) is 129 cm³/mol. The number of thiazole rings is 1. The summed E-state index contributed by atoms with van der Waals surface area (Å²) in [5.41, 5.74) is 3.28. The van der Waals surface area contributed by atoms with E-state index in [1.54, 1.807) is 18.2 Å². The van der Waals surface area contributed by atoms with Gasteiger partial charge in [0.15, 0.2) is 22.7 Å². The first-order valence-corrected chi connectivity index (χ1v) is 11.8. The van der Waals surface area contributed by atoms with E-state index < -0.39 is 18.0 Å². The summed E-state index contributed by atoms with van der Waals surface area (Å²) in [6.07, 6.45) is -0.0328. The maximum absolute atomic E-state index is 12.6. The van der Waals surface area contributed by atoms with E-state index in [4.69, 9.17) is 14.2 Å². The standard InChI is InChI=1S/C25H28N2O5S/c1-5-17-8-10-18(11-9-17)20-15-33-25(26-20)27-23(28)16(4)32-24(29)19-12-13-21(30-6-2)22(14-19)31-7-3/h8-16H,5-7H2,1-4H3,(H,26,27,28). The number of hydrogen-bond donors (Lipinski definition) is 1. The summed E-state index contributed by atoms with van der Waals surface area (Å²) < 4.78 is 16.4. The van der Waals surface area contributed by atoms with E-state index in [9.17, 15) is 9.59 Å². The van der Waals surface area contributed by atoms with Gasteiger partial charge in [-0.1, -0.05) is 31.2 Å². The maximum atomic E-state index is 12.6. The number of benzene rings is 2. The number of rotatable bonds is 10. The van der Waals surface area contributed by atoms with Crippen molar-refractivity contribution in [3.63, 3.8) is 0 Å². The van der Waals surface area contributed by atoms with E-state index in [0.717, 1.165) is 17.7 Å². The Hall–Kier alpha value is -3.39. The number of nitrogens with one attached hydrogen (secondary N) is 1. The number of aromatic nitrogens is 1. The average Bonchev–Trinajstić information content (AvgIpc) is 3.28. The highest BCUT2D eigenvalue weighted by Gasteiger charge is 2.21. The Labute approximate surface area is 197 Å². The van der Waals surface area contributed by atoms with Crippen LogP contribution < -0.4 is 14.8 Å². The second kappa shape index (κ2) is 11.5. The quantitative estimate of drug-likeness (QED) is 0.404. The molecule has 1 atom stereocenters. The second-order valence-electron chi connectivity index (χ2n) is 7.15. The molecule has 0 aliphatic heterocycles. The van der Waals surface area contributed by atoms with Crippen LogP contribution in [0.5, 0.6) is 11.5 Å². The van der Waals surface area contributed by atoms with Crippen LogP contribution in [0.25, 0.3) is 11.3 Å².